The highest BCUT2D eigenvalue weighted by Crippen LogP contribution is 2.88. The lowest BCUT2D eigenvalue weighted by molar-refractivity contribution is -0.107. The molecule has 546 valence electrons. The van der Waals surface area contributed by atoms with Gasteiger partial charge in [0.25, 0.3) is 0 Å². The van der Waals surface area contributed by atoms with Gasteiger partial charge in [0.15, 0.2) is 0 Å². The Morgan fingerprint density at radius 3 is 0.604 bits per heavy atom. The molecule has 0 heterocycles. The smallest absolute Gasteiger partial charge is 0.374 e. The summed E-state index contributed by atoms with van der Waals surface area (Å²) in [6, 6.07) is -1.03. The van der Waals surface area contributed by atoms with Crippen LogP contribution in [0.5, 0.6) is 0 Å². The van der Waals surface area contributed by atoms with Gasteiger partial charge in [0.05, 0.1) is 40.8 Å². The third-order valence-corrected chi connectivity index (χ3v) is 50.2. The van der Waals surface area contributed by atoms with E-state index in [9.17, 15) is 0 Å². The summed E-state index contributed by atoms with van der Waals surface area (Å²) < 4.78 is 79.5. The predicted octanol–water partition coefficient (Wildman–Crippen LogP) is 14.6. The van der Waals surface area contributed by atoms with Gasteiger partial charge in [-0.2, -0.15) is 253 Å². The lowest BCUT2D eigenvalue weighted by atomic mass is 9.43. The molecular formula is C51H112O15S20Si5. The second-order valence-corrected chi connectivity index (χ2v) is 52.3. The maximum absolute atomic E-state index is 6.72. The van der Waals surface area contributed by atoms with Gasteiger partial charge in [-0.1, -0.05) is 6.42 Å². The first-order valence-corrected chi connectivity index (χ1v) is 49.4. The van der Waals surface area contributed by atoms with Crippen LogP contribution in [0.1, 0.15) is 123 Å². The lowest BCUT2D eigenvalue weighted by Crippen LogP contribution is -2.86. The second kappa shape index (κ2) is 40.1. The molecule has 0 saturated heterocycles. The normalized spacial score (nSPS) is 17.8. The van der Waals surface area contributed by atoms with Gasteiger partial charge in [-0.15, -0.1) is 0 Å². The molecule has 0 aromatic rings. The molecule has 0 radical (unpaired) electrons. The fraction of sp³-hybridized carbons (Fsp3) is 1.00. The minimum Gasteiger partial charge on any atom is -0.374 e. The van der Waals surface area contributed by atoms with Gasteiger partial charge in [-0.25, -0.2) is 0 Å². The van der Waals surface area contributed by atoms with E-state index in [1.807, 2.05) is 104 Å². The van der Waals surface area contributed by atoms with E-state index in [0.29, 0.717) is 0 Å². The third kappa shape index (κ3) is 20.8. The van der Waals surface area contributed by atoms with Crippen LogP contribution in [0.4, 0.5) is 0 Å². The van der Waals surface area contributed by atoms with Crippen molar-refractivity contribution in [2.75, 3.05) is 99.1 Å². The Bertz CT molecular complexity index is 1950. The minimum atomic E-state index is -4.04. The van der Waals surface area contributed by atoms with E-state index in [0.717, 1.165) is 0 Å². The van der Waals surface area contributed by atoms with Crippen molar-refractivity contribution >= 4 is 297 Å². The number of thiol groups is 20. The fourth-order valence-corrected chi connectivity index (χ4v) is 41.5. The summed E-state index contributed by atoms with van der Waals surface area (Å²) in [6.07, 6.45) is 0.247. The Morgan fingerprint density at radius 1 is 0.264 bits per heavy atom. The molecule has 0 spiro atoms. The molecule has 15 nitrogen and oxygen atoms in total. The first kappa shape index (κ1) is 96.5. The standard InChI is InChI=1S/C51H112O15S20Si5/c1-16-52-87(53-17-2,54-18-3)34-41(67,68)47(77,78)39-32-31-33-40(48(79,80)42(69,70)35-88(55-19-4,56-20-5)57-21-6,49(81,82)43(71,72)36-89(58-22-7,59-23-8)60-24-9)46(39,50(83,84)44(73,74)37-90(61-25-10,62-26-11)63-27-12)51(85,86)45(75,76)38-91(64-28-13,65-29-14)66-30-15/h39,67-86H,16-38H2,1-15H3. The second-order valence-electron chi connectivity index (χ2n) is 21.5. The van der Waals surface area contributed by atoms with Gasteiger partial charge in [-0.05, 0) is 123 Å². The molecule has 0 amide bonds. The van der Waals surface area contributed by atoms with E-state index in [4.69, 9.17) is 319 Å². The lowest BCUT2D eigenvalue weighted by Gasteiger charge is -2.80. The number of hydrogen-bond acceptors (Lipinski definition) is 35. The van der Waals surface area contributed by atoms with Crippen molar-refractivity contribution in [3.05, 3.63) is 0 Å². The van der Waals surface area contributed by atoms with Crippen LogP contribution < -0.4 is 0 Å². The highest BCUT2D eigenvalue weighted by Gasteiger charge is 2.90. The van der Waals surface area contributed by atoms with Crippen molar-refractivity contribution in [1.29, 1.82) is 0 Å². The molecule has 0 aliphatic heterocycles. The van der Waals surface area contributed by atoms with Crippen molar-refractivity contribution < 1.29 is 66.4 Å². The van der Waals surface area contributed by atoms with E-state index in [1.165, 1.54) is 0 Å². The van der Waals surface area contributed by atoms with Crippen LogP contribution in [0.2, 0.25) is 30.2 Å². The van der Waals surface area contributed by atoms with Crippen LogP contribution >= 0.6 is 253 Å². The highest BCUT2D eigenvalue weighted by molar-refractivity contribution is 8.12. The molecular weight excluding hydrogens is 1630 g/mol. The summed E-state index contributed by atoms with van der Waals surface area (Å²) in [5.74, 6) is -1.33. The molecule has 0 aromatic carbocycles. The zero-order valence-corrected chi connectivity index (χ0v) is 78.3. The van der Waals surface area contributed by atoms with Crippen LogP contribution in [0.15, 0.2) is 0 Å². The van der Waals surface area contributed by atoms with E-state index < -0.39 is 102 Å². The maximum Gasteiger partial charge on any atom is 0.503 e. The first-order chi connectivity index (χ1) is 41.8. The molecule has 1 saturated carbocycles. The summed E-state index contributed by atoms with van der Waals surface area (Å²) in [6.45, 7) is 30.2. The molecule has 1 aliphatic rings. The quantitative estimate of drug-likeness (QED) is 0.0160. The average Bonchev–Trinajstić information content (AvgIpc) is 0.634. The topological polar surface area (TPSA) is 138 Å². The van der Waals surface area contributed by atoms with Crippen molar-refractivity contribution in [3.63, 3.8) is 0 Å². The van der Waals surface area contributed by atoms with Gasteiger partial charge in [0, 0.05) is 140 Å². The zero-order chi connectivity index (χ0) is 70.9. The third-order valence-electron chi connectivity index (χ3n) is 15.6. The highest BCUT2D eigenvalue weighted by atomic mass is 32.2. The molecule has 1 unspecified atom stereocenters. The molecule has 40 heteroatoms. The Hall–Kier alpha value is 7.48. The molecule has 0 N–H and O–H groups in total. The largest absolute Gasteiger partial charge is 0.503 e. The number of hydrogen-bond donors (Lipinski definition) is 20. The molecule has 91 heavy (non-hydrogen) atoms. The summed E-state index contributed by atoms with van der Waals surface area (Å²) >= 11 is 118. The molecule has 1 rings (SSSR count). The Morgan fingerprint density at radius 2 is 0.429 bits per heavy atom. The van der Waals surface area contributed by atoms with Gasteiger partial charge < -0.3 is 66.4 Å². The van der Waals surface area contributed by atoms with Crippen molar-refractivity contribution in [2.24, 2.45) is 16.7 Å². The fourth-order valence-electron chi connectivity index (χ4n) is 12.7. The summed E-state index contributed by atoms with van der Waals surface area (Å²) in [4.78, 5) is 0. The molecule has 1 fully saturated rings. The monoisotopic (exact) mass is 1740 g/mol. The molecule has 0 bridgehead atoms. The van der Waals surface area contributed by atoms with E-state index in [-0.39, 0.29) is 149 Å². The van der Waals surface area contributed by atoms with Crippen LogP contribution in [0.25, 0.3) is 0 Å². The summed E-state index contributed by atoms with van der Waals surface area (Å²) in [7, 11) is -19.9. The van der Waals surface area contributed by atoms with Gasteiger partial charge in [0.1, 0.15) is 0 Å². The van der Waals surface area contributed by atoms with Crippen molar-refractivity contribution in [1.82, 2.24) is 0 Å². The van der Waals surface area contributed by atoms with Gasteiger partial charge >= 0.3 is 44.0 Å². The summed E-state index contributed by atoms with van der Waals surface area (Å²) in [5, 5.41) is 0. The van der Waals surface area contributed by atoms with E-state index in [2.05, 4.69) is 0 Å². The maximum atomic E-state index is 6.72. The Labute approximate surface area is 665 Å². The van der Waals surface area contributed by atoms with Crippen LogP contribution in [0.3, 0.4) is 0 Å². The molecule has 1 aliphatic carbocycles. The van der Waals surface area contributed by atoms with Gasteiger partial charge in [-0.3, -0.25) is 0 Å². The SMILES string of the molecule is CCO[Si](CC(S)(S)C(S)(S)C1CCCC(C(S)(S)C(S)(S)C[Si](OCC)(OCC)OCC)(C(S)(S)C(S)(S)C[Si](OCC)(OCC)OCC)C1(C(S)(S)C(S)(S)C[Si](OCC)(OCC)OCC)C(S)(S)C(S)(S)C[Si](OCC)(OCC)OCC)(OCC)OCC. The van der Waals surface area contributed by atoms with Crippen molar-refractivity contribution in [3.8, 4) is 0 Å². The van der Waals surface area contributed by atoms with Crippen LogP contribution in [0, 0.1) is 16.7 Å². The first-order valence-electron chi connectivity index (χ1n) is 30.8. The van der Waals surface area contributed by atoms with E-state index in [1.54, 1.807) is 0 Å². The van der Waals surface area contributed by atoms with Crippen LogP contribution in [-0.4, -0.2) is 184 Å². The Balaban J connectivity index is 6.22. The van der Waals surface area contributed by atoms with Crippen molar-refractivity contribution in [2.45, 2.75) is 194 Å². The van der Waals surface area contributed by atoms with Gasteiger partial charge in [0.2, 0.25) is 0 Å². The minimum absolute atomic E-state index is 0.0790. The molecule has 1 atom stereocenters. The van der Waals surface area contributed by atoms with E-state index >= 15 is 0 Å². The summed E-state index contributed by atoms with van der Waals surface area (Å²) in [5.41, 5.74) is -4.65. The predicted molar refractivity (Wildman–Crippen MR) is 456 cm³/mol. The zero-order valence-electron chi connectivity index (χ0n) is 55.4. The average molecular weight is 1750 g/mol. The molecule has 0 aromatic heterocycles. The Kier molecular flexibility index (Phi) is 42.5. The number of rotatable bonds is 50. The van der Waals surface area contributed by atoms with Crippen LogP contribution in [-0.2, 0) is 66.4 Å².